The van der Waals surface area contributed by atoms with Gasteiger partial charge in [-0.05, 0) is 11.8 Å². The van der Waals surface area contributed by atoms with Crippen LogP contribution in [0.15, 0.2) is 0 Å². The van der Waals surface area contributed by atoms with E-state index in [2.05, 4.69) is 0 Å². The minimum Gasteiger partial charge on any atom is -0.344 e. The van der Waals surface area contributed by atoms with E-state index >= 15 is 0 Å². The van der Waals surface area contributed by atoms with Gasteiger partial charge < -0.3 is 10.6 Å². The Hall–Kier alpha value is -0.570. The molecule has 0 aromatic rings. The van der Waals surface area contributed by atoms with Gasteiger partial charge in [0.05, 0.1) is 6.04 Å². The third kappa shape index (κ3) is 3.77. The molecule has 3 nitrogen and oxygen atoms in total. The standard InChI is InChI=1S/C10H22N2O/c1-6-7-12(5)9(13)8(11)10(2,3)4/h8H,6-7,11H2,1-5H3/t8-/m1/s1. The minimum atomic E-state index is -0.399. The van der Waals surface area contributed by atoms with E-state index in [1.165, 1.54) is 0 Å². The number of hydrogen-bond acceptors (Lipinski definition) is 2. The Morgan fingerprint density at radius 2 is 1.92 bits per heavy atom. The van der Waals surface area contributed by atoms with Crippen molar-refractivity contribution in [2.45, 2.75) is 40.2 Å². The first kappa shape index (κ1) is 12.4. The predicted molar refractivity (Wildman–Crippen MR) is 55.4 cm³/mol. The summed E-state index contributed by atoms with van der Waals surface area (Å²) in [7, 11) is 1.80. The summed E-state index contributed by atoms with van der Waals surface area (Å²) in [6.45, 7) is 8.77. The summed E-state index contributed by atoms with van der Waals surface area (Å²) >= 11 is 0. The molecule has 0 aliphatic heterocycles. The molecule has 0 heterocycles. The van der Waals surface area contributed by atoms with Crippen molar-refractivity contribution in [1.82, 2.24) is 4.90 Å². The molecular weight excluding hydrogens is 164 g/mol. The number of carbonyl (C=O) groups excluding carboxylic acids is 1. The van der Waals surface area contributed by atoms with Crippen LogP contribution in [0.2, 0.25) is 0 Å². The molecule has 0 fully saturated rings. The lowest BCUT2D eigenvalue weighted by atomic mass is 9.86. The van der Waals surface area contributed by atoms with Crippen LogP contribution < -0.4 is 5.73 Å². The summed E-state index contributed by atoms with van der Waals surface area (Å²) in [4.78, 5) is 13.4. The Kier molecular flexibility index (Phi) is 4.40. The highest BCUT2D eigenvalue weighted by atomic mass is 16.2. The monoisotopic (exact) mass is 186 g/mol. The maximum absolute atomic E-state index is 11.7. The largest absolute Gasteiger partial charge is 0.344 e. The summed E-state index contributed by atoms with van der Waals surface area (Å²) in [5.74, 6) is 0.0364. The molecule has 13 heavy (non-hydrogen) atoms. The Morgan fingerprint density at radius 1 is 1.46 bits per heavy atom. The van der Waals surface area contributed by atoms with Crippen molar-refractivity contribution in [2.24, 2.45) is 11.1 Å². The van der Waals surface area contributed by atoms with Crippen LogP contribution >= 0.6 is 0 Å². The zero-order valence-corrected chi connectivity index (χ0v) is 9.42. The number of hydrogen-bond donors (Lipinski definition) is 1. The second kappa shape index (κ2) is 4.61. The fourth-order valence-electron chi connectivity index (χ4n) is 1.05. The van der Waals surface area contributed by atoms with E-state index in [9.17, 15) is 4.79 Å². The summed E-state index contributed by atoms with van der Waals surface area (Å²) in [6.07, 6.45) is 0.971. The molecule has 1 amide bonds. The van der Waals surface area contributed by atoms with Gasteiger partial charge in [-0.1, -0.05) is 27.7 Å². The van der Waals surface area contributed by atoms with Crippen molar-refractivity contribution >= 4 is 5.91 Å². The van der Waals surface area contributed by atoms with Crippen LogP contribution in [0.3, 0.4) is 0 Å². The fraction of sp³-hybridized carbons (Fsp3) is 0.900. The molecule has 0 saturated carbocycles. The predicted octanol–water partition coefficient (Wildman–Crippen LogP) is 1.23. The molecule has 0 aromatic carbocycles. The number of nitrogens with two attached hydrogens (primary N) is 1. The zero-order chi connectivity index (χ0) is 10.6. The lowest BCUT2D eigenvalue weighted by Crippen LogP contribution is -2.49. The van der Waals surface area contributed by atoms with E-state index < -0.39 is 6.04 Å². The van der Waals surface area contributed by atoms with Gasteiger partial charge in [-0.25, -0.2) is 0 Å². The maximum Gasteiger partial charge on any atom is 0.239 e. The van der Waals surface area contributed by atoms with Crippen molar-refractivity contribution in [1.29, 1.82) is 0 Å². The third-order valence-electron chi connectivity index (χ3n) is 2.13. The van der Waals surface area contributed by atoms with Crippen LogP contribution in [0.1, 0.15) is 34.1 Å². The van der Waals surface area contributed by atoms with Gasteiger partial charge in [0, 0.05) is 13.6 Å². The highest BCUT2D eigenvalue weighted by Gasteiger charge is 2.29. The average molecular weight is 186 g/mol. The van der Waals surface area contributed by atoms with Gasteiger partial charge >= 0.3 is 0 Å². The quantitative estimate of drug-likeness (QED) is 0.720. The van der Waals surface area contributed by atoms with Gasteiger partial charge in [-0.3, -0.25) is 4.79 Å². The van der Waals surface area contributed by atoms with Crippen LogP contribution in [-0.2, 0) is 4.79 Å². The molecular formula is C10H22N2O. The lowest BCUT2D eigenvalue weighted by molar-refractivity contribution is -0.133. The highest BCUT2D eigenvalue weighted by molar-refractivity contribution is 5.82. The summed E-state index contributed by atoms with van der Waals surface area (Å²) < 4.78 is 0. The number of likely N-dealkylation sites (N-methyl/N-ethyl adjacent to an activating group) is 1. The van der Waals surface area contributed by atoms with E-state index in [1.54, 1.807) is 11.9 Å². The van der Waals surface area contributed by atoms with Gasteiger partial charge in [-0.2, -0.15) is 0 Å². The molecule has 0 saturated heterocycles. The Labute approximate surface area is 81.3 Å². The van der Waals surface area contributed by atoms with E-state index in [0.717, 1.165) is 13.0 Å². The van der Waals surface area contributed by atoms with Crippen LogP contribution in [0.25, 0.3) is 0 Å². The van der Waals surface area contributed by atoms with Crippen molar-refractivity contribution in [2.75, 3.05) is 13.6 Å². The van der Waals surface area contributed by atoms with Crippen molar-refractivity contribution in [3.8, 4) is 0 Å². The first-order chi connectivity index (χ1) is 5.80. The number of carbonyl (C=O) groups is 1. The molecule has 0 rings (SSSR count). The summed E-state index contributed by atoms with van der Waals surface area (Å²) in [5, 5.41) is 0. The molecule has 0 radical (unpaired) electrons. The third-order valence-corrected chi connectivity index (χ3v) is 2.13. The van der Waals surface area contributed by atoms with Crippen molar-refractivity contribution < 1.29 is 4.79 Å². The van der Waals surface area contributed by atoms with E-state index in [-0.39, 0.29) is 11.3 Å². The summed E-state index contributed by atoms with van der Waals surface area (Å²) in [6, 6.07) is -0.399. The molecule has 1 atom stereocenters. The topological polar surface area (TPSA) is 46.3 Å². The Morgan fingerprint density at radius 3 is 2.23 bits per heavy atom. The lowest BCUT2D eigenvalue weighted by Gasteiger charge is -2.29. The highest BCUT2D eigenvalue weighted by Crippen LogP contribution is 2.18. The average Bonchev–Trinajstić information content (AvgIpc) is 2.00. The SMILES string of the molecule is CCCN(C)C(=O)[C@@H](N)C(C)(C)C. The molecule has 78 valence electrons. The summed E-state index contributed by atoms with van der Waals surface area (Å²) in [5.41, 5.74) is 5.68. The first-order valence-electron chi connectivity index (χ1n) is 4.81. The number of rotatable bonds is 3. The molecule has 3 heteroatoms. The maximum atomic E-state index is 11.7. The van der Waals surface area contributed by atoms with Crippen LogP contribution in [-0.4, -0.2) is 30.4 Å². The molecule has 2 N–H and O–H groups in total. The van der Waals surface area contributed by atoms with Gasteiger partial charge in [-0.15, -0.1) is 0 Å². The molecule has 0 aliphatic rings. The van der Waals surface area contributed by atoms with Crippen molar-refractivity contribution in [3.63, 3.8) is 0 Å². The zero-order valence-electron chi connectivity index (χ0n) is 9.42. The van der Waals surface area contributed by atoms with Gasteiger partial charge in [0.25, 0.3) is 0 Å². The Bertz CT molecular complexity index is 172. The van der Waals surface area contributed by atoms with E-state index in [4.69, 9.17) is 5.73 Å². The molecule has 0 aliphatic carbocycles. The Balaban J connectivity index is 4.26. The molecule has 0 spiro atoms. The molecule has 0 bridgehead atoms. The molecule has 0 aromatic heterocycles. The van der Waals surface area contributed by atoms with Crippen LogP contribution in [0, 0.1) is 5.41 Å². The van der Waals surface area contributed by atoms with Crippen molar-refractivity contribution in [3.05, 3.63) is 0 Å². The number of amides is 1. The normalized spacial score (nSPS) is 14.0. The minimum absolute atomic E-state index is 0.0364. The van der Waals surface area contributed by atoms with Crippen LogP contribution in [0.5, 0.6) is 0 Å². The fourth-order valence-corrected chi connectivity index (χ4v) is 1.05. The second-order valence-electron chi connectivity index (χ2n) is 4.60. The second-order valence-corrected chi connectivity index (χ2v) is 4.60. The van der Waals surface area contributed by atoms with E-state index in [0.29, 0.717) is 0 Å². The number of nitrogens with zero attached hydrogens (tertiary/aromatic N) is 1. The van der Waals surface area contributed by atoms with Gasteiger partial charge in [0.1, 0.15) is 0 Å². The smallest absolute Gasteiger partial charge is 0.239 e. The van der Waals surface area contributed by atoms with Gasteiger partial charge in [0.15, 0.2) is 0 Å². The first-order valence-corrected chi connectivity index (χ1v) is 4.81. The van der Waals surface area contributed by atoms with E-state index in [1.807, 2.05) is 27.7 Å². The van der Waals surface area contributed by atoms with Crippen LogP contribution in [0.4, 0.5) is 0 Å². The molecule has 0 unspecified atom stereocenters. The van der Waals surface area contributed by atoms with Gasteiger partial charge in [0.2, 0.25) is 5.91 Å².